The molecule has 2 aromatic carbocycles. The monoisotopic (exact) mass is 374 g/mol. The second-order valence-corrected chi connectivity index (χ2v) is 6.03. The van der Waals surface area contributed by atoms with E-state index in [2.05, 4.69) is 33.5 Å². The van der Waals surface area contributed by atoms with Crippen LogP contribution in [0.2, 0.25) is 0 Å². The fourth-order valence-corrected chi connectivity index (χ4v) is 2.35. The lowest BCUT2D eigenvalue weighted by Gasteiger charge is -2.08. The summed E-state index contributed by atoms with van der Waals surface area (Å²) in [6.07, 6.45) is 1.16. The third-order valence-electron chi connectivity index (χ3n) is 3.36. The summed E-state index contributed by atoms with van der Waals surface area (Å²) in [6, 6.07) is 14.8. The molecule has 0 saturated heterocycles. The molecule has 0 aromatic heterocycles. The zero-order valence-electron chi connectivity index (χ0n) is 12.9. The number of benzene rings is 2. The van der Waals surface area contributed by atoms with Crippen LogP contribution in [0.15, 0.2) is 53.0 Å². The molecular formula is C18H19BrN2O2. The first-order valence-electron chi connectivity index (χ1n) is 7.51. The largest absolute Gasteiger partial charge is 0.352 e. The number of nitrogens with one attached hydrogen (secondary N) is 2. The number of amides is 2. The lowest BCUT2D eigenvalue weighted by Crippen LogP contribution is -2.27. The van der Waals surface area contributed by atoms with Crippen molar-refractivity contribution in [1.82, 2.24) is 5.32 Å². The van der Waals surface area contributed by atoms with Gasteiger partial charge in [0, 0.05) is 28.7 Å². The minimum absolute atomic E-state index is 0.116. The molecule has 2 aromatic rings. The third kappa shape index (κ3) is 5.53. The van der Waals surface area contributed by atoms with Crippen LogP contribution >= 0.6 is 15.9 Å². The molecule has 0 bridgehead atoms. The van der Waals surface area contributed by atoms with E-state index >= 15 is 0 Å². The first-order valence-corrected chi connectivity index (χ1v) is 8.30. The van der Waals surface area contributed by atoms with E-state index in [1.807, 2.05) is 36.4 Å². The lowest BCUT2D eigenvalue weighted by atomic mass is 10.1. The number of aryl methyl sites for hydroxylation is 1. The molecule has 0 heterocycles. The van der Waals surface area contributed by atoms with E-state index in [1.54, 1.807) is 12.1 Å². The van der Waals surface area contributed by atoms with Gasteiger partial charge in [0.25, 0.3) is 5.91 Å². The summed E-state index contributed by atoms with van der Waals surface area (Å²) in [5.41, 5.74) is 2.53. The quantitative estimate of drug-likeness (QED) is 0.808. The Morgan fingerprint density at radius 2 is 1.83 bits per heavy atom. The van der Waals surface area contributed by atoms with E-state index in [9.17, 15) is 9.59 Å². The van der Waals surface area contributed by atoms with Crippen molar-refractivity contribution in [2.24, 2.45) is 0 Å². The Bertz CT molecular complexity index is 684. The van der Waals surface area contributed by atoms with E-state index in [0.717, 1.165) is 16.6 Å². The van der Waals surface area contributed by atoms with Gasteiger partial charge in [-0.15, -0.1) is 0 Å². The van der Waals surface area contributed by atoms with Crippen LogP contribution in [0.3, 0.4) is 0 Å². The van der Waals surface area contributed by atoms with Gasteiger partial charge in [-0.2, -0.15) is 0 Å². The molecule has 2 N–H and O–H groups in total. The van der Waals surface area contributed by atoms with Crippen LogP contribution in [0.25, 0.3) is 0 Å². The number of hydrogen-bond acceptors (Lipinski definition) is 2. The number of carbonyl (C=O) groups excluding carboxylic acids is 2. The van der Waals surface area contributed by atoms with Crippen molar-refractivity contribution < 1.29 is 9.59 Å². The predicted octanol–water partition coefficient (Wildman–Crippen LogP) is 3.77. The van der Waals surface area contributed by atoms with Crippen molar-refractivity contribution in [1.29, 1.82) is 0 Å². The van der Waals surface area contributed by atoms with Crippen molar-refractivity contribution in [2.45, 2.75) is 19.8 Å². The van der Waals surface area contributed by atoms with Crippen LogP contribution in [0.5, 0.6) is 0 Å². The van der Waals surface area contributed by atoms with Crippen LogP contribution in [-0.4, -0.2) is 18.4 Å². The van der Waals surface area contributed by atoms with Gasteiger partial charge in [-0.05, 0) is 48.4 Å². The molecule has 120 valence electrons. The summed E-state index contributed by atoms with van der Waals surface area (Å²) in [7, 11) is 0. The van der Waals surface area contributed by atoms with Gasteiger partial charge in [0.2, 0.25) is 5.91 Å². The fraction of sp³-hybridized carbons (Fsp3) is 0.222. The third-order valence-corrected chi connectivity index (χ3v) is 3.89. The Morgan fingerprint density at radius 1 is 1.09 bits per heavy atom. The number of hydrogen-bond donors (Lipinski definition) is 2. The maximum Gasteiger partial charge on any atom is 0.251 e. The van der Waals surface area contributed by atoms with Crippen LogP contribution in [0, 0.1) is 0 Å². The molecule has 5 heteroatoms. The summed E-state index contributed by atoms with van der Waals surface area (Å²) in [5.74, 6) is -0.298. The van der Waals surface area contributed by atoms with Crippen LogP contribution < -0.4 is 10.6 Å². The zero-order chi connectivity index (χ0) is 16.7. The molecule has 4 nitrogen and oxygen atoms in total. The molecule has 0 aliphatic carbocycles. The molecule has 0 spiro atoms. The van der Waals surface area contributed by atoms with Crippen LogP contribution in [0.4, 0.5) is 5.69 Å². The Balaban J connectivity index is 1.78. The Morgan fingerprint density at radius 3 is 2.52 bits per heavy atom. The zero-order valence-corrected chi connectivity index (χ0v) is 14.5. The minimum Gasteiger partial charge on any atom is -0.352 e. The summed E-state index contributed by atoms with van der Waals surface area (Å²) < 4.78 is 0.919. The maximum atomic E-state index is 11.9. The highest BCUT2D eigenvalue weighted by Crippen LogP contribution is 2.12. The first-order chi connectivity index (χ1) is 11.1. The normalized spacial score (nSPS) is 10.2. The van der Waals surface area contributed by atoms with Crippen molar-refractivity contribution in [3.8, 4) is 0 Å². The van der Waals surface area contributed by atoms with Crippen molar-refractivity contribution in [2.75, 3.05) is 11.9 Å². The van der Waals surface area contributed by atoms with Gasteiger partial charge in [0.15, 0.2) is 0 Å². The van der Waals surface area contributed by atoms with Gasteiger partial charge in [-0.3, -0.25) is 9.59 Å². The average Bonchev–Trinajstić information content (AvgIpc) is 2.55. The highest BCUT2D eigenvalue weighted by atomic mass is 79.9. The Hall–Kier alpha value is -2.14. The van der Waals surface area contributed by atoms with E-state index < -0.39 is 0 Å². The highest BCUT2D eigenvalue weighted by Gasteiger charge is 2.07. The predicted molar refractivity (Wildman–Crippen MR) is 95.5 cm³/mol. The molecule has 0 aliphatic rings. The molecule has 0 aliphatic heterocycles. The van der Waals surface area contributed by atoms with Crippen LogP contribution in [0.1, 0.15) is 29.3 Å². The smallest absolute Gasteiger partial charge is 0.251 e. The second-order valence-electron chi connectivity index (χ2n) is 5.11. The number of halogens is 1. The molecule has 23 heavy (non-hydrogen) atoms. The molecule has 0 atom stereocenters. The molecule has 0 saturated carbocycles. The minimum atomic E-state index is -0.182. The average molecular weight is 375 g/mol. The molecule has 0 radical (unpaired) electrons. The summed E-state index contributed by atoms with van der Waals surface area (Å²) in [5, 5.41) is 5.58. The number of anilines is 1. The molecule has 0 fully saturated rings. The van der Waals surface area contributed by atoms with E-state index in [-0.39, 0.29) is 18.2 Å². The number of carbonyl (C=O) groups is 2. The van der Waals surface area contributed by atoms with Gasteiger partial charge in [-0.25, -0.2) is 0 Å². The molecule has 0 unspecified atom stereocenters. The van der Waals surface area contributed by atoms with Crippen LogP contribution in [-0.2, 0) is 11.2 Å². The molecule has 2 amide bonds. The summed E-state index contributed by atoms with van der Waals surface area (Å²) >= 11 is 3.32. The standard InChI is InChI=1S/C18H19BrN2O2/c1-2-13-4-3-5-16(12-13)21-17(22)10-11-20-18(23)14-6-8-15(19)9-7-14/h3-9,12H,2,10-11H2,1H3,(H,20,23)(H,21,22). The van der Waals surface area contributed by atoms with Gasteiger partial charge in [-0.1, -0.05) is 35.0 Å². The first kappa shape index (κ1) is 17.2. The van der Waals surface area contributed by atoms with Crippen molar-refractivity contribution in [3.63, 3.8) is 0 Å². The van der Waals surface area contributed by atoms with Crippen molar-refractivity contribution in [3.05, 3.63) is 64.1 Å². The van der Waals surface area contributed by atoms with Crippen molar-refractivity contribution >= 4 is 33.4 Å². The van der Waals surface area contributed by atoms with Gasteiger partial charge < -0.3 is 10.6 Å². The van der Waals surface area contributed by atoms with Gasteiger partial charge in [0.05, 0.1) is 0 Å². The lowest BCUT2D eigenvalue weighted by molar-refractivity contribution is -0.116. The summed E-state index contributed by atoms with van der Waals surface area (Å²) in [4.78, 5) is 23.8. The van der Waals surface area contributed by atoms with E-state index in [0.29, 0.717) is 12.1 Å². The summed E-state index contributed by atoms with van der Waals surface area (Å²) in [6.45, 7) is 2.37. The van der Waals surface area contributed by atoms with Gasteiger partial charge in [0.1, 0.15) is 0 Å². The maximum absolute atomic E-state index is 11.9. The second kappa shape index (κ2) is 8.48. The Kier molecular flexibility index (Phi) is 6.35. The Labute approximate surface area is 144 Å². The highest BCUT2D eigenvalue weighted by molar-refractivity contribution is 9.10. The van der Waals surface area contributed by atoms with E-state index in [4.69, 9.17) is 0 Å². The number of rotatable bonds is 6. The SMILES string of the molecule is CCc1cccc(NC(=O)CCNC(=O)c2ccc(Br)cc2)c1. The van der Waals surface area contributed by atoms with E-state index in [1.165, 1.54) is 5.56 Å². The molecular weight excluding hydrogens is 356 g/mol. The fourth-order valence-electron chi connectivity index (χ4n) is 2.09. The van der Waals surface area contributed by atoms with Gasteiger partial charge >= 0.3 is 0 Å². The molecule has 2 rings (SSSR count). The topological polar surface area (TPSA) is 58.2 Å².